The molecule has 1 aromatic heterocycles. The third kappa shape index (κ3) is 3.07. The zero-order valence-corrected chi connectivity index (χ0v) is 11.3. The minimum atomic E-state index is -0.379. The van der Waals surface area contributed by atoms with Gasteiger partial charge in [0.25, 0.3) is 5.91 Å². The average molecular weight is 300 g/mol. The van der Waals surface area contributed by atoms with E-state index in [9.17, 15) is 4.79 Å². The maximum absolute atomic E-state index is 11.5. The van der Waals surface area contributed by atoms with Gasteiger partial charge in [-0.2, -0.15) is 5.10 Å². The van der Waals surface area contributed by atoms with E-state index in [2.05, 4.69) is 15.5 Å². The Kier molecular flexibility index (Phi) is 4.30. The van der Waals surface area contributed by atoms with Crippen LogP contribution in [0.4, 0.5) is 0 Å². The highest BCUT2D eigenvalue weighted by atomic mass is 35.5. The molecule has 0 saturated carbocycles. The van der Waals surface area contributed by atoms with Gasteiger partial charge in [-0.05, 0) is 12.1 Å². The summed E-state index contributed by atoms with van der Waals surface area (Å²) in [4.78, 5) is 15.4. The number of hydrazone groups is 1. The summed E-state index contributed by atoms with van der Waals surface area (Å²) in [6.45, 7) is 0. The van der Waals surface area contributed by atoms with Crippen LogP contribution in [0.1, 0.15) is 16.1 Å². The molecule has 0 radical (unpaired) electrons. The van der Waals surface area contributed by atoms with Gasteiger partial charge in [0.2, 0.25) is 0 Å². The van der Waals surface area contributed by atoms with Crippen molar-refractivity contribution in [2.24, 2.45) is 5.10 Å². The Bertz CT molecular complexity index is 564. The lowest BCUT2D eigenvalue weighted by atomic mass is 10.2. The van der Waals surface area contributed by atoms with Gasteiger partial charge in [-0.15, -0.1) is 11.3 Å². The van der Waals surface area contributed by atoms with Crippen LogP contribution in [0.3, 0.4) is 0 Å². The summed E-state index contributed by atoms with van der Waals surface area (Å²) >= 11 is 13.2. The lowest BCUT2D eigenvalue weighted by molar-refractivity contribution is 0.0951. The molecule has 0 bridgehead atoms. The number of carbonyl (C=O) groups excluding carboxylic acids is 1. The average Bonchev–Trinajstić information content (AvgIpc) is 2.86. The topological polar surface area (TPSA) is 54.4 Å². The maximum atomic E-state index is 11.5. The number of aromatic nitrogens is 1. The first kappa shape index (κ1) is 13.0. The van der Waals surface area contributed by atoms with Crippen molar-refractivity contribution in [2.75, 3.05) is 0 Å². The maximum Gasteiger partial charge on any atom is 0.290 e. The monoisotopic (exact) mass is 299 g/mol. The van der Waals surface area contributed by atoms with Crippen molar-refractivity contribution in [3.05, 3.63) is 50.4 Å². The van der Waals surface area contributed by atoms with Crippen LogP contribution < -0.4 is 5.43 Å². The molecule has 0 fully saturated rings. The first-order chi connectivity index (χ1) is 8.68. The van der Waals surface area contributed by atoms with Crippen molar-refractivity contribution in [3.63, 3.8) is 0 Å². The van der Waals surface area contributed by atoms with Gasteiger partial charge in [0.15, 0.2) is 0 Å². The van der Waals surface area contributed by atoms with E-state index < -0.39 is 0 Å². The SMILES string of the molecule is O=C(NN=Cc1c(Cl)cccc1Cl)c1cscn1. The van der Waals surface area contributed by atoms with Crippen molar-refractivity contribution in [1.82, 2.24) is 10.4 Å². The Morgan fingerprint density at radius 1 is 1.39 bits per heavy atom. The highest BCUT2D eigenvalue weighted by Gasteiger charge is 2.06. The van der Waals surface area contributed by atoms with Gasteiger partial charge in [0, 0.05) is 10.9 Å². The molecule has 92 valence electrons. The van der Waals surface area contributed by atoms with Gasteiger partial charge in [-0.25, -0.2) is 10.4 Å². The summed E-state index contributed by atoms with van der Waals surface area (Å²) in [5.74, 6) is -0.379. The second-order valence-electron chi connectivity index (χ2n) is 3.21. The number of halogens is 2. The number of hydrogen-bond acceptors (Lipinski definition) is 4. The van der Waals surface area contributed by atoms with Gasteiger partial charge >= 0.3 is 0 Å². The van der Waals surface area contributed by atoms with Crippen molar-refractivity contribution in [3.8, 4) is 0 Å². The molecule has 1 amide bonds. The Labute approximate surface area is 117 Å². The summed E-state index contributed by atoms with van der Waals surface area (Å²) in [6.07, 6.45) is 1.40. The minimum Gasteiger partial charge on any atom is -0.266 e. The summed E-state index contributed by atoms with van der Waals surface area (Å²) in [5.41, 5.74) is 4.80. The zero-order valence-electron chi connectivity index (χ0n) is 8.93. The molecule has 0 unspecified atom stereocenters. The van der Waals surface area contributed by atoms with Crippen LogP contribution in [-0.4, -0.2) is 17.1 Å². The van der Waals surface area contributed by atoms with Gasteiger partial charge in [-0.3, -0.25) is 4.79 Å². The molecule has 2 rings (SSSR count). The summed E-state index contributed by atoms with van der Waals surface area (Å²) in [5, 5.41) is 6.36. The fourth-order valence-corrected chi connectivity index (χ4v) is 2.20. The molecular formula is C11H7Cl2N3OS. The standard InChI is InChI=1S/C11H7Cl2N3OS/c12-8-2-1-3-9(13)7(8)4-15-16-11(17)10-5-18-6-14-10/h1-6H,(H,16,17). The highest BCUT2D eigenvalue weighted by Crippen LogP contribution is 2.21. The van der Waals surface area contributed by atoms with Crippen LogP contribution in [0.2, 0.25) is 10.0 Å². The van der Waals surface area contributed by atoms with Gasteiger partial charge in [-0.1, -0.05) is 29.3 Å². The third-order valence-corrected chi connectivity index (χ3v) is 3.27. The van der Waals surface area contributed by atoms with E-state index >= 15 is 0 Å². The molecule has 1 heterocycles. The van der Waals surface area contributed by atoms with Crippen LogP contribution in [0, 0.1) is 0 Å². The molecule has 18 heavy (non-hydrogen) atoms. The zero-order chi connectivity index (χ0) is 13.0. The normalized spacial score (nSPS) is 10.8. The molecule has 1 aromatic carbocycles. The molecule has 7 heteroatoms. The lowest BCUT2D eigenvalue weighted by Crippen LogP contribution is -2.17. The second kappa shape index (κ2) is 5.95. The van der Waals surface area contributed by atoms with Crippen LogP contribution in [0.25, 0.3) is 0 Å². The Morgan fingerprint density at radius 3 is 2.72 bits per heavy atom. The molecule has 0 spiro atoms. The van der Waals surface area contributed by atoms with Crippen molar-refractivity contribution >= 4 is 46.7 Å². The predicted octanol–water partition coefficient (Wildman–Crippen LogP) is 3.21. The van der Waals surface area contributed by atoms with Crippen LogP contribution >= 0.6 is 34.5 Å². The minimum absolute atomic E-state index is 0.322. The van der Waals surface area contributed by atoms with Crippen LogP contribution in [0.15, 0.2) is 34.2 Å². The number of carbonyl (C=O) groups is 1. The van der Waals surface area contributed by atoms with Crippen LogP contribution in [0.5, 0.6) is 0 Å². The number of rotatable bonds is 3. The number of nitrogens with one attached hydrogen (secondary N) is 1. The molecule has 2 aromatic rings. The van der Waals surface area contributed by atoms with Crippen LogP contribution in [-0.2, 0) is 0 Å². The summed E-state index contributed by atoms with van der Waals surface area (Å²) < 4.78 is 0. The van der Waals surface area contributed by atoms with Gasteiger partial charge in [0.1, 0.15) is 5.69 Å². The first-order valence-electron chi connectivity index (χ1n) is 4.84. The number of nitrogens with zero attached hydrogens (tertiary/aromatic N) is 2. The number of hydrogen-bond donors (Lipinski definition) is 1. The van der Waals surface area contributed by atoms with E-state index in [0.29, 0.717) is 21.3 Å². The van der Waals surface area contributed by atoms with E-state index in [1.165, 1.54) is 17.6 Å². The molecule has 0 aliphatic heterocycles. The fraction of sp³-hybridized carbons (Fsp3) is 0. The van der Waals surface area contributed by atoms with Crippen molar-refractivity contribution < 1.29 is 4.79 Å². The van der Waals surface area contributed by atoms with Crippen molar-refractivity contribution in [1.29, 1.82) is 0 Å². The number of benzene rings is 1. The molecule has 0 saturated heterocycles. The molecule has 0 atom stereocenters. The lowest BCUT2D eigenvalue weighted by Gasteiger charge is -2.00. The Hall–Kier alpha value is -1.43. The summed E-state index contributed by atoms with van der Waals surface area (Å²) in [7, 11) is 0. The van der Waals surface area contributed by atoms with E-state index in [4.69, 9.17) is 23.2 Å². The molecule has 0 aliphatic carbocycles. The molecular weight excluding hydrogens is 293 g/mol. The predicted molar refractivity (Wildman–Crippen MR) is 73.6 cm³/mol. The first-order valence-corrected chi connectivity index (χ1v) is 6.54. The summed E-state index contributed by atoms with van der Waals surface area (Å²) in [6, 6.07) is 5.12. The largest absolute Gasteiger partial charge is 0.290 e. The third-order valence-electron chi connectivity index (χ3n) is 2.02. The molecule has 1 N–H and O–H groups in total. The second-order valence-corrected chi connectivity index (χ2v) is 4.74. The quantitative estimate of drug-likeness (QED) is 0.699. The Morgan fingerprint density at radius 2 is 2.11 bits per heavy atom. The Balaban J connectivity index is 2.06. The molecule has 4 nitrogen and oxygen atoms in total. The van der Waals surface area contributed by atoms with E-state index in [0.717, 1.165) is 0 Å². The van der Waals surface area contributed by atoms with E-state index in [-0.39, 0.29) is 5.91 Å². The highest BCUT2D eigenvalue weighted by molar-refractivity contribution is 7.07. The van der Waals surface area contributed by atoms with Gasteiger partial charge in [0.05, 0.1) is 21.8 Å². The van der Waals surface area contributed by atoms with Gasteiger partial charge < -0.3 is 0 Å². The van der Waals surface area contributed by atoms with Crippen molar-refractivity contribution in [2.45, 2.75) is 0 Å². The fourth-order valence-electron chi connectivity index (χ4n) is 1.17. The smallest absolute Gasteiger partial charge is 0.266 e. The number of thiazole rings is 1. The number of amides is 1. The molecule has 0 aliphatic rings. The van der Waals surface area contributed by atoms with E-state index in [1.54, 1.807) is 29.1 Å². The van der Waals surface area contributed by atoms with E-state index in [1.807, 2.05) is 0 Å².